The number of amides is 1. The third-order valence-electron chi connectivity index (χ3n) is 2.89. The quantitative estimate of drug-likeness (QED) is 0.433. The number of halogens is 2. The van der Waals surface area contributed by atoms with Crippen LogP contribution < -0.4 is 10.6 Å². The molecule has 0 atom stereocenters. The minimum atomic E-state index is -0.218. The number of hydrogen-bond acceptors (Lipinski definition) is 2. The number of hydrogen-bond donors (Lipinski definition) is 2. The lowest BCUT2D eigenvalue weighted by atomic mass is 10.1. The van der Waals surface area contributed by atoms with Crippen molar-refractivity contribution in [3.05, 3.63) is 35.1 Å². The Bertz CT molecular complexity index is 520. The number of nitrogens with zero attached hydrogens (tertiary/aromatic N) is 2. The molecular weight excluding hydrogens is 398 g/mol. The monoisotopic (exact) mass is 422 g/mol. The van der Waals surface area contributed by atoms with E-state index in [-0.39, 0.29) is 42.2 Å². The number of aliphatic imine (C=N–C) groups is 1. The minimum Gasteiger partial charge on any atom is -0.357 e. The molecule has 5 nitrogen and oxygen atoms in total. The number of carbonyl (C=O) groups is 1. The zero-order valence-corrected chi connectivity index (χ0v) is 15.8. The van der Waals surface area contributed by atoms with E-state index in [1.165, 1.54) is 11.0 Å². The van der Waals surface area contributed by atoms with Gasteiger partial charge in [0, 0.05) is 20.6 Å². The first-order valence-corrected chi connectivity index (χ1v) is 6.91. The Morgan fingerprint density at radius 2 is 2.00 bits per heavy atom. The molecule has 0 radical (unpaired) electrons. The first-order chi connectivity index (χ1) is 9.93. The van der Waals surface area contributed by atoms with Crippen LogP contribution in [0.1, 0.15) is 18.1 Å². The van der Waals surface area contributed by atoms with Gasteiger partial charge in [0.05, 0.1) is 13.1 Å². The number of aryl methyl sites for hydroxylation is 1. The average molecular weight is 422 g/mol. The summed E-state index contributed by atoms with van der Waals surface area (Å²) in [6.07, 6.45) is 0. The van der Waals surface area contributed by atoms with Gasteiger partial charge in [-0.25, -0.2) is 9.38 Å². The molecule has 0 bridgehead atoms. The lowest BCUT2D eigenvalue weighted by molar-refractivity contribution is -0.127. The van der Waals surface area contributed by atoms with E-state index in [2.05, 4.69) is 15.6 Å². The molecule has 0 spiro atoms. The molecule has 1 aromatic rings. The highest BCUT2D eigenvalue weighted by Crippen LogP contribution is 2.09. The number of rotatable bonds is 5. The van der Waals surface area contributed by atoms with Crippen molar-refractivity contribution >= 4 is 35.8 Å². The van der Waals surface area contributed by atoms with Crippen LogP contribution in [0.4, 0.5) is 4.39 Å². The molecule has 2 N–H and O–H groups in total. The van der Waals surface area contributed by atoms with Gasteiger partial charge in [0.15, 0.2) is 5.96 Å². The summed E-state index contributed by atoms with van der Waals surface area (Å²) in [5.41, 5.74) is 1.52. The van der Waals surface area contributed by atoms with E-state index >= 15 is 0 Å². The molecule has 22 heavy (non-hydrogen) atoms. The van der Waals surface area contributed by atoms with Crippen LogP contribution in [-0.4, -0.2) is 44.0 Å². The van der Waals surface area contributed by atoms with Crippen molar-refractivity contribution in [3.8, 4) is 0 Å². The van der Waals surface area contributed by atoms with Gasteiger partial charge >= 0.3 is 0 Å². The van der Waals surface area contributed by atoms with Gasteiger partial charge in [-0.2, -0.15) is 0 Å². The van der Waals surface area contributed by atoms with E-state index in [9.17, 15) is 9.18 Å². The Balaban J connectivity index is 0.00000441. The number of benzene rings is 1. The molecule has 1 amide bonds. The van der Waals surface area contributed by atoms with Crippen LogP contribution in [0.3, 0.4) is 0 Å². The van der Waals surface area contributed by atoms with E-state index in [0.29, 0.717) is 24.6 Å². The summed E-state index contributed by atoms with van der Waals surface area (Å²) < 4.78 is 13.2. The summed E-state index contributed by atoms with van der Waals surface area (Å²) in [7, 11) is 3.41. The van der Waals surface area contributed by atoms with E-state index in [1.54, 1.807) is 33.2 Å². The Morgan fingerprint density at radius 1 is 1.32 bits per heavy atom. The standard InChI is InChI=1S/C15H23FN4O.HI/c1-5-17-15(19-10-14(21)20(3)4)18-9-12-6-7-13(16)11(2)8-12;/h6-8H,5,9-10H2,1-4H3,(H2,17,18,19);1H. The van der Waals surface area contributed by atoms with Crippen molar-refractivity contribution in [2.45, 2.75) is 20.4 Å². The molecule has 0 aliphatic rings. The zero-order chi connectivity index (χ0) is 15.8. The molecule has 1 rings (SSSR count). The number of likely N-dealkylation sites (N-methyl/N-ethyl adjacent to an activating group) is 1. The Kier molecular flexibility index (Phi) is 9.71. The van der Waals surface area contributed by atoms with E-state index in [4.69, 9.17) is 0 Å². The minimum absolute atomic E-state index is 0. The fraction of sp³-hybridized carbons (Fsp3) is 0.467. The largest absolute Gasteiger partial charge is 0.357 e. The summed E-state index contributed by atoms with van der Waals surface area (Å²) in [6.45, 7) is 4.98. The molecular formula is C15H24FIN4O. The SMILES string of the molecule is CCNC(=NCc1ccc(F)c(C)c1)NCC(=O)N(C)C.I. The second kappa shape index (κ2) is 10.4. The maximum absolute atomic E-state index is 13.2. The van der Waals surface area contributed by atoms with Crippen molar-refractivity contribution in [1.82, 2.24) is 15.5 Å². The molecule has 0 saturated heterocycles. The van der Waals surface area contributed by atoms with Crippen molar-refractivity contribution in [1.29, 1.82) is 0 Å². The first kappa shape index (κ1) is 20.6. The predicted octanol–water partition coefficient (Wildman–Crippen LogP) is 1.90. The predicted molar refractivity (Wildman–Crippen MR) is 98.1 cm³/mol. The van der Waals surface area contributed by atoms with Crippen molar-refractivity contribution in [2.24, 2.45) is 4.99 Å². The summed E-state index contributed by atoms with van der Waals surface area (Å²) in [6, 6.07) is 4.92. The van der Waals surface area contributed by atoms with Gasteiger partial charge in [0.25, 0.3) is 0 Å². The summed E-state index contributed by atoms with van der Waals surface area (Å²) in [5.74, 6) is 0.317. The maximum Gasteiger partial charge on any atom is 0.241 e. The van der Waals surface area contributed by atoms with Crippen molar-refractivity contribution in [2.75, 3.05) is 27.2 Å². The molecule has 124 valence electrons. The van der Waals surface area contributed by atoms with Gasteiger partial charge in [-0.3, -0.25) is 4.79 Å². The number of nitrogens with one attached hydrogen (secondary N) is 2. The number of guanidine groups is 1. The van der Waals surface area contributed by atoms with Crippen LogP contribution in [0.2, 0.25) is 0 Å². The molecule has 0 fully saturated rings. The van der Waals surface area contributed by atoms with Gasteiger partial charge in [0.1, 0.15) is 5.82 Å². The second-order valence-electron chi connectivity index (χ2n) is 4.92. The zero-order valence-electron chi connectivity index (χ0n) is 13.4. The lowest BCUT2D eigenvalue weighted by Crippen LogP contribution is -2.42. The Labute approximate surface area is 148 Å². The van der Waals surface area contributed by atoms with Gasteiger partial charge in [0.2, 0.25) is 5.91 Å². The van der Waals surface area contributed by atoms with Crippen LogP contribution in [-0.2, 0) is 11.3 Å². The van der Waals surface area contributed by atoms with Crippen LogP contribution in [0.15, 0.2) is 23.2 Å². The average Bonchev–Trinajstić information content (AvgIpc) is 2.45. The normalized spacial score (nSPS) is 10.7. The first-order valence-electron chi connectivity index (χ1n) is 6.91. The highest BCUT2D eigenvalue weighted by atomic mass is 127. The molecule has 0 aliphatic carbocycles. The molecule has 0 heterocycles. The fourth-order valence-electron chi connectivity index (χ4n) is 1.63. The van der Waals surface area contributed by atoms with Gasteiger partial charge in [-0.15, -0.1) is 24.0 Å². The highest BCUT2D eigenvalue weighted by Gasteiger charge is 2.05. The fourth-order valence-corrected chi connectivity index (χ4v) is 1.63. The van der Waals surface area contributed by atoms with Crippen LogP contribution in [0.5, 0.6) is 0 Å². The van der Waals surface area contributed by atoms with E-state index < -0.39 is 0 Å². The van der Waals surface area contributed by atoms with E-state index in [1.807, 2.05) is 6.92 Å². The third kappa shape index (κ3) is 7.06. The Hall–Kier alpha value is -1.38. The number of carbonyl (C=O) groups excluding carboxylic acids is 1. The molecule has 7 heteroatoms. The van der Waals surface area contributed by atoms with Gasteiger partial charge in [-0.1, -0.05) is 12.1 Å². The molecule has 0 saturated carbocycles. The van der Waals surface area contributed by atoms with Crippen molar-refractivity contribution in [3.63, 3.8) is 0 Å². The van der Waals surface area contributed by atoms with Crippen LogP contribution >= 0.6 is 24.0 Å². The molecule has 0 unspecified atom stereocenters. The summed E-state index contributed by atoms with van der Waals surface area (Å²) >= 11 is 0. The summed E-state index contributed by atoms with van der Waals surface area (Å²) in [5, 5.41) is 6.04. The molecule has 0 aliphatic heterocycles. The second-order valence-corrected chi connectivity index (χ2v) is 4.92. The van der Waals surface area contributed by atoms with Crippen LogP contribution in [0.25, 0.3) is 0 Å². The van der Waals surface area contributed by atoms with Gasteiger partial charge in [-0.05, 0) is 31.0 Å². The van der Waals surface area contributed by atoms with Crippen molar-refractivity contribution < 1.29 is 9.18 Å². The topological polar surface area (TPSA) is 56.7 Å². The molecule has 1 aromatic carbocycles. The van der Waals surface area contributed by atoms with Gasteiger partial charge < -0.3 is 15.5 Å². The highest BCUT2D eigenvalue weighted by molar-refractivity contribution is 14.0. The third-order valence-corrected chi connectivity index (χ3v) is 2.89. The lowest BCUT2D eigenvalue weighted by Gasteiger charge is -2.14. The summed E-state index contributed by atoms with van der Waals surface area (Å²) in [4.78, 5) is 17.4. The van der Waals surface area contributed by atoms with E-state index in [0.717, 1.165) is 5.56 Å². The Morgan fingerprint density at radius 3 is 2.55 bits per heavy atom. The smallest absolute Gasteiger partial charge is 0.241 e. The van der Waals surface area contributed by atoms with Crippen LogP contribution in [0, 0.1) is 12.7 Å². The molecule has 0 aromatic heterocycles. The maximum atomic E-state index is 13.2.